The van der Waals surface area contributed by atoms with E-state index in [2.05, 4.69) is 20.2 Å². The van der Waals surface area contributed by atoms with Gasteiger partial charge in [-0.1, -0.05) is 0 Å². The number of carbonyl (C=O) groups is 1. The van der Waals surface area contributed by atoms with Crippen LogP contribution in [0.4, 0.5) is 5.82 Å². The van der Waals surface area contributed by atoms with Gasteiger partial charge in [0.1, 0.15) is 12.1 Å². The Hall–Kier alpha value is -1.85. The number of nitrogens with one attached hydrogen (secondary N) is 1. The van der Waals surface area contributed by atoms with Gasteiger partial charge in [0.25, 0.3) is 0 Å². The number of hydrogen-bond acceptors (Lipinski definition) is 5. The van der Waals surface area contributed by atoms with Gasteiger partial charge in [-0.25, -0.2) is 9.97 Å². The van der Waals surface area contributed by atoms with Gasteiger partial charge >= 0.3 is 0 Å². The number of methoxy groups -OCH3 is 1. The molecule has 0 unspecified atom stereocenters. The largest absolute Gasteiger partial charge is 0.481 e. The summed E-state index contributed by atoms with van der Waals surface area (Å²) in [5.41, 5.74) is 0. The van der Waals surface area contributed by atoms with Crippen LogP contribution in [-0.2, 0) is 4.79 Å². The minimum absolute atomic E-state index is 0.0390. The highest BCUT2D eigenvalue weighted by Gasteiger charge is 2.20. The van der Waals surface area contributed by atoms with Crippen LogP contribution in [0.2, 0.25) is 0 Å². The first-order valence-electron chi connectivity index (χ1n) is 6.07. The molecule has 0 spiro atoms. The zero-order valence-corrected chi connectivity index (χ0v) is 10.7. The molecule has 2 rings (SSSR count). The number of hydrogen-bond donors (Lipinski definition) is 1. The molecule has 2 heterocycles. The predicted octanol–water partition coefficient (Wildman–Crippen LogP) is 0.590. The maximum atomic E-state index is 11.0. The molecule has 18 heavy (non-hydrogen) atoms. The summed E-state index contributed by atoms with van der Waals surface area (Å²) >= 11 is 0. The van der Waals surface area contributed by atoms with Crippen molar-refractivity contribution in [2.24, 2.45) is 0 Å². The predicted molar refractivity (Wildman–Crippen MR) is 67.6 cm³/mol. The molecule has 1 aromatic heterocycles. The van der Waals surface area contributed by atoms with Crippen LogP contribution in [0.15, 0.2) is 12.4 Å². The normalized spacial score (nSPS) is 16.4. The molecule has 1 fully saturated rings. The maximum Gasteiger partial charge on any atom is 0.218 e. The first-order chi connectivity index (χ1) is 8.69. The van der Waals surface area contributed by atoms with E-state index in [1.807, 2.05) is 6.07 Å². The second-order valence-corrected chi connectivity index (χ2v) is 4.38. The van der Waals surface area contributed by atoms with E-state index < -0.39 is 0 Å². The Kier molecular flexibility index (Phi) is 3.96. The van der Waals surface area contributed by atoms with Crippen molar-refractivity contribution >= 4 is 11.7 Å². The fraction of sp³-hybridized carbons (Fsp3) is 0.583. The van der Waals surface area contributed by atoms with Crippen molar-refractivity contribution in [2.75, 3.05) is 25.1 Å². The van der Waals surface area contributed by atoms with Crippen molar-refractivity contribution in [2.45, 2.75) is 25.8 Å². The monoisotopic (exact) mass is 250 g/mol. The van der Waals surface area contributed by atoms with Gasteiger partial charge in [0.15, 0.2) is 0 Å². The van der Waals surface area contributed by atoms with E-state index in [-0.39, 0.29) is 11.9 Å². The molecule has 1 amide bonds. The highest BCUT2D eigenvalue weighted by molar-refractivity contribution is 5.73. The molecule has 1 saturated heterocycles. The van der Waals surface area contributed by atoms with Gasteiger partial charge in [-0.15, -0.1) is 0 Å². The van der Waals surface area contributed by atoms with Crippen LogP contribution in [0.1, 0.15) is 19.8 Å². The summed E-state index contributed by atoms with van der Waals surface area (Å²) in [5.74, 6) is 1.49. The van der Waals surface area contributed by atoms with Crippen molar-refractivity contribution in [3.63, 3.8) is 0 Å². The van der Waals surface area contributed by atoms with Crippen molar-refractivity contribution in [1.29, 1.82) is 0 Å². The summed E-state index contributed by atoms with van der Waals surface area (Å²) < 4.78 is 5.08. The Balaban J connectivity index is 1.94. The van der Waals surface area contributed by atoms with E-state index in [4.69, 9.17) is 4.74 Å². The highest BCUT2D eigenvalue weighted by atomic mass is 16.5. The number of ether oxygens (including phenoxy) is 1. The number of anilines is 1. The molecular weight excluding hydrogens is 232 g/mol. The lowest BCUT2D eigenvalue weighted by atomic mass is 10.1. The van der Waals surface area contributed by atoms with Gasteiger partial charge < -0.3 is 15.0 Å². The number of amides is 1. The van der Waals surface area contributed by atoms with E-state index in [0.29, 0.717) is 5.88 Å². The number of nitrogens with zero attached hydrogens (tertiary/aromatic N) is 3. The molecule has 1 aliphatic heterocycles. The Morgan fingerprint density at radius 2 is 2.17 bits per heavy atom. The fourth-order valence-corrected chi connectivity index (χ4v) is 2.15. The third-order valence-corrected chi connectivity index (χ3v) is 3.06. The van der Waals surface area contributed by atoms with Crippen molar-refractivity contribution < 1.29 is 9.53 Å². The summed E-state index contributed by atoms with van der Waals surface area (Å²) in [7, 11) is 1.59. The van der Waals surface area contributed by atoms with E-state index >= 15 is 0 Å². The topological polar surface area (TPSA) is 67.3 Å². The first-order valence-corrected chi connectivity index (χ1v) is 6.07. The summed E-state index contributed by atoms with van der Waals surface area (Å²) in [5, 5.41) is 2.95. The summed E-state index contributed by atoms with van der Waals surface area (Å²) in [6, 6.07) is 2.11. The molecule has 0 aromatic carbocycles. The lowest BCUT2D eigenvalue weighted by Crippen LogP contribution is -2.44. The molecule has 0 bridgehead atoms. The van der Waals surface area contributed by atoms with Crippen LogP contribution in [0.5, 0.6) is 5.88 Å². The number of rotatable bonds is 3. The molecule has 0 radical (unpaired) electrons. The smallest absolute Gasteiger partial charge is 0.218 e. The van der Waals surface area contributed by atoms with E-state index in [1.54, 1.807) is 14.0 Å². The second kappa shape index (κ2) is 5.66. The third-order valence-electron chi connectivity index (χ3n) is 3.06. The highest BCUT2D eigenvalue weighted by Crippen LogP contribution is 2.20. The van der Waals surface area contributed by atoms with Crippen molar-refractivity contribution in [1.82, 2.24) is 15.3 Å². The van der Waals surface area contributed by atoms with Crippen LogP contribution < -0.4 is 15.0 Å². The Bertz CT molecular complexity index is 416. The summed E-state index contributed by atoms with van der Waals surface area (Å²) in [6.07, 6.45) is 3.38. The third kappa shape index (κ3) is 3.09. The SMILES string of the molecule is COc1cc(N2CCC(NC(C)=O)CC2)ncn1. The van der Waals surface area contributed by atoms with Crippen molar-refractivity contribution in [3.8, 4) is 5.88 Å². The molecular formula is C12H18N4O2. The van der Waals surface area contributed by atoms with Crippen LogP contribution in [0, 0.1) is 0 Å². The van der Waals surface area contributed by atoms with Gasteiger partial charge in [-0.2, -0.15) is 0 Å². The molecule has 1 aromatic rings. The zero-order valence-electron chi connectivity index (χ0n) is 10.7. The van der Waals surface area contributed by atoms with Crippen LogP contribution in [-0.4, -0.2) is 42.1 Å². The average Bonchev–Trinajstić information content (AvgIpc) is 2.39. The molecule has 1 N–H and O–H groups in total. The van der Waals surface area contributed by atoms with Gasteiger partial charge in [0.2, 0.25) is 11.8 Å². The second-order valence-electron chi connectivity index (χ2n) is 4.38. The lowest BCUT2D eigenvalue weighted by molar-refractivity contribution is -0.119. The summed E-state index contributed by atoms with van der Waals surface area (Å²) in [6.45, 7) is 3.32. The Morgan fingerprint density at radius 3 is 2.78 bits per heavy atom. The van der Waals surface area contributed by atoms with Gasteiger partial charge in [0, 0.05) is 32.1 Å². The standard InChI is InChI=1S/C12H18N4O2/c1-9(17)15-10-3-5-16(6-4-10)11-7-12(18-2)14-8-13-11/h7-8,10H,3-6H2,1-2H3,(H,15,17). The average molecular weight is 250 g/mol. The molecule has 6 nitrogen and oxygen atoms in total. The fourth-order valence-electron chi connectivity index (χ4n) is 2.15. The minimum Gasteiger partial charge on any atom is -0.481 e. The van der Waals surface area contributed by atoms with Crippen LogP contribution >= 0.6 is 0 Å². The molecule has 1 aliphatic rings. The van der Waals surface area contributed by atoms with Gasteiger partial charge in [-0.05, 0) is 12.8 Å². The molecule has 6 heteroatoms. The Morgan fingerprint density at radius 1 is 1.44 bits per heavy atom. The minimum atomic E-state index is 0.0390. The quantitative estimate of drug-likeness (QED) is 0.850. The van der Waals surface area contributed by atoms with Crippen LogP contribution in [0.3, 0.4) is 0 Å². The number of piperidine rings is 1. The van der Waals surface area contributed by atoms with Crippen LogP contribution in [0.25, 0.3) is 0 Å². The molecule has 98 valence electrons. The van der Waals surface area contributed by atoms with E-state index in [9.17, 15) is 4.79 Å². The zero-order chi connectivity index (χ0) is 13.0. The van der Waals surface area contributed by atoms with E-state index in [0.717, 1.165) is 31.7 Å². The van der Waals surface area contributed by atoms with Crippen molar-refractivity contribution in [3.05, 3.63) is 12.4 Å². The Labute approximate surface area is 106 Å². The molecule has 0 aliphatic carbocycles. The maximum absolute atomic E-state index is 11.0. The number of aromatic nitrogens is 2. The van der Waals surface area contributed by atoms with Gasteiger partial charge in [-0.3, -0.25) is 4.79 Å². The number of carbonyl (C=O) groups excluding carboxylic acids is 1. The first kappa shape index (κ1) is 12.6. The lowest BCUT2D eigenvalue weighted by Gasteiger charge is -2.32. The molecule has 0 saturated carbocycles. The van der Waals surface area contributed by atoms with E-state index in [1.165, 1.54) is 6.33 Å². The molecule has 0 atom stereocenters. The summed E-state index contributed by atoms with van der Waals surface area (Å²) in [4.78, 5) is 21.4. The van der Waals surface area contributed by atoms with Gasteiger partial charge in [0.05, 0.1) is 7.11 Å².